The molecule has 0 atom stereocenters. The molecule has 1 fully saturated rings. The molecule has 1 aliphatic rings. The second kappa shape index (κ2) is 12.2. The van der Waals surface area contributed by atoms with E-state index in [4.69, 9.17) is 9.47 Å². The molecule has 0 aromatic carbocycles. The molecule has 0 amide bonds. The molecule has 0 aliphatic carbocycles. The molecule has 2 heterocycles. The molecule has 0 spiro atoms. The zero-order chi connectivity index (χ0) is 17.7. The summed E-state index contributed by atoms with van der Waals surface area (Å²) in [4.78, 5) is 0. The first-order chi connectivity index (χ1) is 12.3. The van der Waals surface area contributed by atoms with Gasteiger partial charge in [0.05, 0.1) is 13.2 Å². The molecule has 25 heavy (non-hydrogen) atoms. The monoisotopic (exact) mass is 346 g/mol. The fraction of sp³-hybridized carbons (Fsp3) is 0.682. The smallest absolute Gasteiger partial charge is 0.184 e. The molecule has 0 bridgehead atoms. The van der Waals surface area contributed by atoms with Crippen molar-refractivity contribution in [2.45, 2.75) is 77.5 Å². The standard InChI is InChI=1S/C22H36NO2/c1-3-5-6-7-8-9-10-11-12-20-18-24-22(25-19-20)21-13-16-23(15-4-2)17-14-21/h4,13-14,16-17,20,22H,2-3,5-12,15,18-19H2,1H3/q+1. The van der Waals surface area contributed by atoms with Gasteiger partial charge in [-0.1, -0.05) is 64.9 Å². The Labute approximate surface area is 154 Å². The third kappa shape index (κ3) is 7.70. The average molecular weight is 347 g/mol. The number of allylic oxidation sites excluding steroid dienone is 1. The number of nitrogens with zero attached hydrogens (tertiary/aromatic N) is 1. The lowest BCUT2D eigenvalue weighted by Gasteiger charge is -2.29. The number of pyridine rings is 1. The fourth-order valence-corrected chi connectivity index (χ4v) is 3.37. The molecular formula is C22H36NO2+. The van der Waals surface area contributed by atoms with Gasteiger partial charge < -0.3 is 9.47 Å². The van der Waals surface area contributed by atoms with Crippen LogP contribution in [0, 0.1) is 5.92 Å². The third-order valence-corrected chi connectivity index (χ3v) is 4.96. The van der Waals surface area contributed by atoms with E-state index in [0.29, 0.717) is 5.92 Å². The zero-order valence-corrected chi connectivity index (χ0v) is 16.0. The van der Waals surface area contributed by atoms with Crippen molar-refractivity contribution in [1.29, 1.82) is 0 Å². The van der Waals surface area contributed by atoms with Crippen LogP contribution in [0.3, 0.4) is 0 Å². The Morgan fingerprint density at radius 3 is 2.20 bits per heavy atom. The Morgan fingerprint density at radius 2 is 1.60 bits per heavy atom. The largest absolute Gasteiger partial charge is 0.348 e. The van der Waals surface area contributed by atoms with Crippen LogP contribution in [0.15, 0.2) is 37.2 Å². The predicted octanol–water partition coefficient (Wildman–Crippen LogP) is 5.35. The van der Waals surface area contributed by atoms with Gasteiger partial charge in [0.1, 0.15) is 0 Å². The maximum atomic E-state index is 5.95. The molecule has 2 rings (SSSR count). The lowest BCUT2D eigenvalue weighted by molar-refractivity contribution is -0.687. The van der Waals surface area contributed by atoms with E-state index in [2.05, 4.69) is 42.6 Å². The van der Waals surface area contributed by atoms with Crippen LogP contribution in [0.25, 0.3) is 0 Å². The van der Waals surface area contributed by atoms with Gasteiger partial charge >= 0.3 is 0 Å². The van der Waals surface area contributed by atoms with Gasteiger partial charge in [0.2, 0.25) is 0 Å². The van der Waals surface area contributed by atoms with Gasteiger partial charge in [-0.15, -0.1) is 0 Å². The van der Waals surface area contributed by atoms with Crippen LogP contribution in [-0.4, -0.2) is 13.2 Å². The Bertz CT molecular complexity index is 463. The molecule has 0 unspecified atom stereocenters. The Kier molecular flexibility index (Phi) is 9.83. The number of hydrogen-bond acceptors (Lipinski definition) is 2. The minimum absolute atomic E-state index is 0.201. The molecule has 3 heteroatoms. The van der Waals surface area contributed by atoms with Crippen LogP contribution in [0.2, 0.25) is 0 Å². The summed E-state index contributed by atoms with van der Waals surface area (Å²) >= 11 is 0. The van der Waals surface area contributed by atoms with Crippen molar-refractivity contribution < 1.29 is 14.0 Å². The highest BCUT2D eigenvalue weighted by molar-refractivity contribution is 5.09. The summed E-state index contributed by atoms with van der Waals surface area (Å²) in [7, 11) is 0. The van der Waals surface area contributed by atoms with Crippen LogP contribution < -0.4 is 4.57 Å². The maximum absolute atomic E-state index is 5.95. The zero-order valence-electron chi connectivity index (χ0n) is 16.0. The van der Waals surface area contributed by atoms with E-state index >= 15 is 0 Å². The minimum atomic E-state index is -0.201. The first-order valence-electron chi connectivity index (χ1n) is 10.2. The van der Waals surface area contributed by atoms with Crippen molar-refractivity contribution in [3.63, 3.8) is 0 Å². The van der Waals surface area contributed by atoms with Crippen LogP contribution in [-0.2, 0) is 16.0 Å². The molecule has 0 saturated carbocycles. The van der Waals surface area contributed by atoms with Crippen LogP contribution >= 0.6 is 0 Å². The molecular weight excluding hydrogens is 310 g/mol. The molecule has 1 aromatic heterocycles. The summed E-state index contributed by atoms with van der Waals surface area (Å²) in [5.74, 6) is 0.561. The quantitative estimate of drug-likeness (QED) is 0.289. The summed E-state index contributed by atoms with van der Waals surface area (Å²) < 4.78 is 14.0. The normalized spacial score (nSPS) is 20.5. The van der Waals surface area contributed by atoms with Crippen molar-refractivity contribution in [3.05, 3.63) is 42.7 Å². The summed E-state index contributed by atoms with van der Waals surface area (Å²) in [5, 5.41) is 0. The van der Waals surface area contributed by atoms with Crippen molar-refractivity contribution in [2.24, 2.45) is 5.92 Å². The Balaban J connectivity index is 1.56. The number of aromatic nitrogens is 1. The number of unbranched alkanes of at least 4 members (excludes halogenated alkanes) is 7. The van der Waals surface area contributed by atoms with Gasteiger partial charge in [-0.25, -0.2) is 4.57 Å². The fourth-order valence-electron chi connectivity index (χ4n) is 3.37. The van der Waals surface area contributed by atoms with Crippen molar-refractivity contribution >= 4 is 0 Å². The van der Waals surface area contributed by atoms with Crippen LogP contribution in [0.4, 0.5) is 0 Å². The van der Waals surface area contributed by atoms with E-state index in [1.54, 1.807) is 0 Å². The number of hydrogen-bond donors (Lipinski definition) is 0. The van der Waals surface area contributed by atoms with Crippen molar-refractivity contribution in [1.82, 2.24) is 0 Å². The molecule has 0 radical (unpaired) electrons. The van der Waals surface area contributed by atoms with E-state index < -0.39 is 0 Å². The molecule has 1 aliphatic heterocycles. The van der Waals surface area contributed by atoms with Gasteiger partial charge in [-0.3, -0.25) is 0 Å². The number of ether oxygens (including phenoxy) is 2. The lowest BCUT2D eigenvalue weighted by Crippen LogP contribution is -2.32. The Hall–Kier alpha value is -1.19. The first kappa shape index (κ1) is 20.1. The second-order valence-corrected chi connectivity index (χ2v) is 7.25. The topological polar surface area (TPSA) is 22.3 Å². The predicted molar refractivity (Wildman–Crippen MR) is 102 cm³/mol. The molecule has 0 N–H and O–H groups in total. The number of rotatable bonds is 12. The van der Waals surface area contributed by atoms with Gasteiger partial charge in [-0.05, 0) is 12.5 Å². The second-order valence-electron chi connectivity index (χ2n) is 7.25. The third-order valence-electron chi connectivity index (χ3n) is 4.96. The van der Waals surface area contributed by atoms with Gasteiger partial charge in [0.15, 0.2) is 25.2 Å². The van der Waals surface area contributed by atoms with Crippen LogP contribution in [0.5, 0.6) is 0 Å². The van der Waals surface area contributed by atoms with Gasteiger partial charge in [0, 0.05) is 23.6 Å². The highest BCUT2D eigenvalue weighted by Gasteiger charge is 2.23. The van der Waals surface area contributed by atoms with Crippen molar-refractivity contribution in [2.75, 3.05) is 13.2 Å². The first-order valence-corrected chi connectivity index (χ1v) is 10.2. The summed E-state index contributed by atoms with van der Waals surface area (Å²) in [6.45, 7) is 8.50. The van der Waals surface area contributed by atoms with Crippen LogP contribution in [0.1, 0.15) is 76.6 Å². The SMILES string of the molecule is C=CC[n+]1ccc(C2OCC(CCCCCCCCCC)CO2)cc1. The summed E-state index contributed by atoms with van der Waals surface area (Å²) in [5.41, 5.74) is 1.10. The molecule has 1 saturated heterocycles. The maximum Gasteiger partial charge on any atom is 0.184 e. The average Bonchev–Trinajstić information content (AvgIpc) is 2.65. The minimum Gasteiger partial charge on any atom is -0.348 e. The van der Waals surface area contributed by atoms with Gasteiger partial charge in [0.25, 0.3) is 0 Å². The summed E-state index contributed by atoms with van der Waals surface area (Å²) in [6, 6.07) is 4.15. The van der Waals surface area contributed by atoms with E-state index in [0.717, 1.165) is 25.3 Å². The van der Waals surface area contributed by atoms with E-state index in [-0.39, 0.29) is 6.29 Å². The highest BCUT2D eigenvalue weighted by Crippen LogP contribution is 2.26. The van der Waals surface area contributed by atoms with E-state index in [1.165, 1.54) is 57.8 Å². The lowest BCUT2D eigenvalue weighted by atomic mass is 10.0. The van der Waals surface area contributed by atoms with Crippen molar-refractivity contribution in [3.8, 4) is 0 Å². The molecule has 3 nitrogen and oxygen atoms in total. The highest BCUT2D eigenvalue weighted by atomic mass is 16.7. The molecule has 1 aromatic rings. The van der Waals surface area contributed by atoms with Gasteiger partial charge in [-0.2, -0.15) is 0 Å². The Morgan fingerprint density at radius 1 is 1.00 bits per heavy atom. The summed E-state index contributed by atoms with van der Waals surface area (Å²) in [6.07, 6.45) is 18.0. The molecule has 140 valence electrons. The van der Waals surface area contributed by atoms with E-state index in [1.807, 2.05) is 6.08 Å². The van der Waals surface area contributed by atoms with E-state index in [9.17, 15) is 0 Å².